The maximum atomic E-state index is 12.7. The van der Waals surface area contributed by atoms with E-state index in [1.54, 1.807) is 6.92 Å². The molecule has 28 heavy (non-hydrogen) atoms. The summed E-state index contributed by atoms with van der Waals surface area (Å²) in [6.07, 6.45) is 3.04. The van der Waals surface area contributed by atoms with Crippen molar-refractivity contribution in [2.24, 2.45) is 11.7 Å². The van der Waals surface area contributed by atoms with E-state index in [0.29, 0.717) is 12.1 Å². The van der Waals surface area contributed by atoms with Crippen LogP contribution in [0.4, 0.5) is 0 Å². The largest absolute Gasteiger partial charge is 0.481 e. The molecule has 11 heteroatoms. The highest BCUT2D eigenvalue weighted by Gasteiger charge is 2.31. The number of nitrogens with one attached hydrogen (secondary N) is 3. The minimum atomic E-state index is -1.23. The van der Waals surface area contributed by atoms with E-state index in [1.165, 1.54) is 12.5 Å². The molecular weight excluding hydrogens is 370 g/mol. The zero-order chi connectivity index (χ0) is 21.3. The topological polar surface area (TPSA) is 188 Å². The molecule has 0 aliphatic heterocycles. The fourth-order valence-corrected chi connectivity index (χ4v) is 2.45. The summed E-state index contributed by atoms with van der Waals surface area (Å²) in [5.74, 6) is -3.92. The number of carboxylic acids is 2. The first kappa shape index (κ1) is 23.1. The van der Waals surface area contributed by atoms with Crippen LogP contribution in [0, 0.1) is 5.92 Å². The Balaban J connectivity index is 2.81. The lowest BCUT2D eigenvalue weighted by Gasteiger charge is -2.26. The molecule has 7 N–H and O–H groups in total. The molecule has 156 valence electrons. The molecule has 0 saturated carbocycles. The van der Waals surface area contributed by atoms with Gasteiger partial charge in [-0.25, -0.2) is 9.78 Å². The van der Waals surface area contributed by atoms with Gasteiger partial charge in [0.15, 0.2) is 0 Å². The average molecular weight is 397 g/mol. The van der Waals surface area contributed by atoms with Gasteiger partial charge >= 0.3 is 11.9 Å². The quantitative estimate of drug-likeness (QED) is 0.265. The van der Waals surface area contributed by atoms with Crippen LogP contribution in [-0.4, -0.2) is 62.1 Å². The Bertz CT molecular complexity index is 678. The lowest BCUT2D eigenvalue weighted by Crippen LogP contribution is -2.57. The van der Waals surface area contributed by atoms with E-state index in [1.807, 2.05) is 6.92 Å². The summed E-state index contributed by atoms with van der Waals surface area (Å²) >= 11 is 0. The Morgan fingerprint density at radius 1 is 1.21 bits per heavy atom. The van der Waals surface area contributed by atoms with E-state index in [9.17, 15) is 24.3 Å². The third-order valence-electron chi connectivity index (χ3n) is 4.39. The molecule has 4 unspecified atom stereocenters. The molecule has 1 aromatic heterocycles. The second-order valence-electron chi connectivity index (χ2n) is 6.59. The van der Waals surface area contributed by atoms with Crippen LogP contribution < -0.4 is 16.4 Å². The molecule has 1 aromatic rings. The molecule has 0 spiro atoms. The Hall–Kier alpha value is -2.95. The Labute approximate surface area is 162 Å². The molecule has 0 fully saturated rings. The Morgan fingerprint density at radius 3 is 2.39 bits per heavy atom. The van der Waals surface area contributed by atoms with Crippen LogP contribution >= 0.6 is 0 Å². The maximum Gasteiger partial charge on any atom is 0.326 e. The summed E-state index contributed by atoms with van der Waals surface area (Å²) in [4.78, 5) is 53.6. The van der Waals surface area contributed by atoms with Gasteiger partial charge in [-0.3, -0.25) is 14.4 Å². The van der Waals surface area contributed by atoms with Crippen molar-refractivity contribution in [3.05, 3.63) is 18.2 Å². The number of imidazole rings is 1. The Morgan fingerprint density at radius 2 is 1.89 bits per heavy atom. The molecule has 2 amide bonds. The number of hydrogen-bond acceptors (Lipinski definition) is 6. The van der Waals surface area contributed by atoms with Crippen LogP contribution in [0.2, 0.25) is 0 Å². The van der Waals surface area contributed by atoms with Crippen LogP contribution in [0.1, 0.15) is 38.8 Å². The fraction of sp³-hybridized carbons (Fsp3) is 0.588. The van der Waals surface area contributed by atoms with Gasteiger partial charge in [0.05, 0.1) is 12.4 Å². The zero-order valence-electron chi connectivity index (χ0n) is 15.8. The van der Waals surface area contributed by atoms with Gasteiger partial charge in [0.1, 0.15) is 12.1 Å². The first-order valence-electron chi connectivity index (χ1n) is 8.93. The number of H-pyrrole nitrogens is 1. The van der Waals surface area contributed by atoms with E-state index >= 15 is 0 Å². The van der Waals surface area contributed by atoms with E-state index in [4.69, 9.17) is 10.8 Å². The third kappa shape index (κ3) is 7.35. The monoisotopic (exact) mass is 397 g/mol. The number of carboxylic acid groups (broad SMARTS) is 2. The molecule has 4 atom stereocenters. The van der Waals surface area contributed by atoms with E-state index < -0.39 is 41.9 Å². The van der Waals surface area contributed by atoms with Crippen molar-refractivity contribution < 1.29 is 29.4 Å². The number of aliphatic carboxylic acids is 2. The number of carbonyl (C=O) groups excluding carboxylic acids is 2. The number of amides is 2. The molecule has 0 radical (unpaired) electrons. The zero-order valence-corrected chi connectivity index (χ0v) is 15.8. The number of nitrogens with zero attached hydrogens (tertiary/aromatic N) is 1. The second-order valence-corrected chi connectivity index (χ2v) is 6.59. The number of nitrogens with two attached hydrogens (primary N) is 1. The molecule has 0 bridgehead atoms. The van der Waals surface area contributed by atoms with Crippen molar-refractivity contribution in [2.45, 2.75) is 57.7 Å². The minimum Gasteiger partial charge on any atom is -0.481 e. The molecule has 1 rings (SSSR count). The van der Waals surface area contributed by atoms with Crippen LogP contribution in [0.15, 0.2) is 12.5 Å². The summed E-state index contributed by atoms with van der Waals surface area (Å²) in [5.41, 5.74) is 6.22. The van der Waals surface area contributed by atoms with E-state index in [-0.39, 0.29) is 25.2 Å². The number of carbonyl (C=O) groups is 4. The molecule has 0 aromatic carbocycles. The van der Waals surface area contributed by atoms with Crippen molar-refractivity contribution in [2.75, 3.05) is 0 Å². The van der Waals surface area contributed by atoms with Crippen molar-refractivity contribution in [1.29, 1.82) is 0 Å². The second kappa shape index (κ2) is 11.0. The van der Waals surface area contributed by atoms with Gasteiger partial charge in [0, 0.05) is 24.7 Å². The highest BCUT2D eigenvalue weighted by Crippen LogP contribution is 2.10. The fourth-order valence-electron chi connectivity index (χ4n) is 2.45. The lowest BCUT2D eigenvalue weighted by molar-refractivity contribution is -0.142. The first-order chi connectivity index (χ1) is 13.1. The van der Waals surface area contributed by atoms with Gasteiger partial charge in [-0.05, 0) is 12.3 Å². The maximum absolute atomic E-state index is 12.7. The molecule has 1 heterocycles. The van der Waals surface area contributed by atoms with Crippen LogP contribution in [0.5, 0.6) is 0 Å². The molecular formula is C17H27N5O6. The van der Waals surface area contributed by atoms with Crippen LogP contribution in [0.3, 0.4) is 0 Å². The van der Waals surface area contributed by atoms with Gasteiger partial charge in [-0.1, -0.05) is 20.3 Å². The predicted octanol–water partition coefficient (Wildman–Crippen LogP) is -0.755. The number of aromatic amines is 1. The van der Waals surface area contributed by atoms with Gasteiger partial charge in [0.2, 0.25) is 11.8 Å². The SMILES string of the molecule is CCC(C)C(NC(=O)C(N)CCC(=O)O)C(=O)NC(Cc1cnc[nH]1)C(=O)O. The third-order valence-corrected chi connectivity index (χ3v) is 4.39. The number of aromatic nitrogens is 2. The van der Waals surface area contributed by atoms with Gasteiger partial charge in [-0.15, -0.1) is 0 Å². The summed E-state index contributed by atoms with van der Waals surface area (Å²) in [6.45, 7) is 3.55. The highest BCUT2D eigenvalue weighted by atomic mass is 16.4. The van der Waals surface area contributed by atoms with Crippen molar-refractivity contribution in [1.82, 2.24) is 20.6 Å². The van der Waals surface area contributed by atoms with Crippen molar-refractivity contribution in [3.8, 4) is 0 Å². The smallest absolute Gasteiger partial charge is 0.326 e. The minimum absolute atomic E-state index is 0.000368. The van der Waals surface area contributed by atoms with E-state index in [2.05, 4.69) is 20.6 Å². The van der Waals surface area contributed by atoms with Crippen LogP contribution in [-0.2, 0) is 25.6 Å². The molecule has 11 nitrogen and oxygen atoms in total. The Kier molecular flexibility index (Phi) is 9.09. The van der Waals surface area contributed by atoms with E-state index in [0.717, 1.165) is 0 Å². The van der Waals surface area contributed by atoms with Crippen molar-refractivity contribution >= 4 is 23.8 Å². The van der Waals surface area contributed by atoms with Gasteiger partial charge < -0.3 is 31.6 Å². The number of rotatable bonds is 12. The molecule has 0 saturated heterocycles. The molecule has 0 aliphatic carbocycles. The first-order valence-corrected chi connectivity index (χ1v) is 8.93. The predicted molar refractivity (Wildman–Crippen MR) is 98.1 cm³/mol. The average Bonchev–Trinajstić information content (AvgIpc) is 3.15. The van der Waals surface area contributed by atoms with Gasteiger partial charge in [0.25, 0.3) is 0 Å². The van der Waals surface area contributed by atoms with Gasteiger partial charge in [-0.2, -0.15) is 0 Å². The standard InChI is InChI=1S/C17H27N5O6/c1-3-9(2)14(22-15(25)11(18)4-5-13(23)24)16(26)21-12(17(27)28)6-10-7-19-8-20-10/h7-9,11-12,14H,3-6,18H2,1-2H3,(H,19,20)(H,21,26)(H,22,25)(H,23,24)(H,27,28). The summed E-state index contributed by atoms with van der Waals surface area (Å²) in [7, 11) is 0. The highest BCUT2D eigenvalue weighted by molar-refractivity contribution is 5.92. The molecule has 0 aliphatic rings. The number of hydrogen-bond donors (Lipinski definition) is 6. The summed E-state index contributed by atoms with van der Waals surface area (Å²) in [5, 5.41) is 23.0. The summed E-state index contributed by atoms with van der Waals surface area (Å²) in [6, 6.07) is -3.30. The lowest BCUT2D eigenvalue weighted by atomic mass is 9.97. The van der Waals surface area contributed by atoms with Crippen LogP contribution in [0.25, 0.3) is 0 Å². The summed E-state index contributed by atoms with van der Waals surface area (Å²) < 4.78 is 0. The normalized spacial score (nSPS) is 15.1. The van der Waals surface area contributed by atoms with Crippen molar-refractivity contribution in [3.63, 3.8) is 0 Å².